The first-order chi connectivity index (χ1) is 15.5. The molecule has 0 saturated heterocycles. The molecule has 5 rings (SSSR count). The van der Waals surface area contributed by atoms with Gasteiger partial charge in [0.1, 0.15) is 6.04 Å². The number of furan rings is 1. The SMILES string of the molecule is CC(C)C(NC(=O)c1ccco1)c1nc(-c2ccc3c(c2)[nH]c(=O)n3C2CCCC2)no1. The molecular formula is C23H25N5O4. The van der Waals surface area contributed by atoms with Crippen molar-refractivity contribution in [3.63, 3.8) is 0 Å². The molecule has 4 aromatic rings. The van der Waals surface area contributed by atoms with Gasteiger partial charge in [0.15, 0.2) is 5.76 Å². The van der Waals surface area contributed by atoms with Gasteiger partial charge in [-0.25, -0.2) is 4.79 Å². The number of nitrogens with zero attached hydrogens (tertiary/aromatic N) is 3. The van der Waals surface area contributed by atoms with E-state index in [0.29, 0.717) is 11.7 Å². The van der Waals surface area contributed by atoms with Crippen LogP contribution in [0.4, 0.5) is 0 Å². The van der Waals surface area contributed by atoms with Gasteiger partial charge in [-0.1, -0.05) is 31.8 Å². The summed E-state index contributed by atoms with van der Waals surface area (Å²) < 4.78 is 12.5. The van der Waals surface area contributed by atoms with Crippen molar-refractivity contribution in [2.24, 2.45) is 5.92 Å². The smallest absolute Gasteiger partial charge is 0.326 e. The number of carbonyl (C=O) groups is 1. The summed E-state index contributed by atoms with van der Waals surface area (Å²) in [5, 5.41) is 7.01. The van der Waals surface area contributed by atoms with Gasteiger partial charge in [-0.15, -0.1) is 0 Å². The Morgan fingerprint density at radius 1 is 1.25 bits per heavy atom. The average Bonchev–Trinajstić information content (AvgIpc) is 3.57. The predicted octanol–water partition coefficient (Wildman–Crippen LogP) is 4.21. The molecule has 1 unspecified atom stereocenters. The Hall–Kier alpha value is -3.62. The zero-order valence-electron chi connectivity index (χ0n) is 18.0. The van der Waals surface area contributed by atoms with Gasteiger partial charge in [-0.3, -0.25) is 9.36 Å². The first-order valence-electron chi connectivity index (χ1n) is 10.9. The molecule has 3 heterocycles. The molecule has 2 N–H and O–H groups in total. The molecule has 1 atom stereocenters. The van der Waals surface area contributed by atoms with Crippen LogP contribution < -0.4 is 11.0 Å². The van der Waals surface area contributed by atoms with Crippen LogP contribution in [0, 0.1) is 5.92 Å². The Morgan fingerprint density at radius 2 is 2.06 bits per heavy atom. The topological polar surface area (TPSA) is 119 Å². The van der Waals surface area contributed by atoms with Crippen molar-refractivity contribution >= 4 is 16.9 Å². The van der Waals surface area contributed by atoms with Gasteiger partial charge in [0.05, 0.1) is 17.3 Å². The van der Waals surface area contributed by atoms with Crippen molar-refractivity contribution in [3.8, 4) is 11.4 Å². The van der Waals surface area contributed by atoms with Gasteiger partial charge in [-0.2, -0.15) is 4.98 Å². The molecule has 32 heavy (non-hydrogen) atoms. The lowest BCUT2D eigenvalue weighted by atomic mass is 10.0. The number of rotatable bonds is 6. The predicted molar refractivity (Wildman–Crippen MR) is 117 cm³/mol. The van der Waals surface area contributed by atoms with E-state index in [9.17, 15) is 9.59 Å². The zero-order valence-corrected chi connectivity index (χ0v) is 18.0. The summed E-state index contributed by atoms with van der Waals surface area (Å²) in [6.45, 7) is 3.92. The van der Waals surface area contributed by atoms with Gasteiger partial charge in [0, 0.05) is 11.6 Å². The third-order valence-electron chi connectivity index (χ3n) is 6.07. The Balaban J connectivity index is 1.43. The van der Waals surface area contributed by atoms with Crippen molar-refractivity contribution in [2.75, 3.05) is 0 Å². The number of benzene rings is 1. The van der Waals surface area contributed by atoms with E-state index in [-0.39, 0.29) is 29.3 Å². The number of carbonyl (C=O) groups excluding carboxylic acids is 1. The molecule has 1 amide bonds. The van der Waals surface area contributed by atoms with E-state index in [0.717, 1.165) is 42.3 Å². The minimum absolute atomic E-state index is 0.0153. The van der Waals surface area contributed by atoms with Crippen molar-refractivity contribution in [1.29, 1.82) is 0 Å². The number of nitrogens with one attached hydrogen (secondary N) is 2. The minimum Gasteiger partial charge on any atom is -0.459 e. The summed E-state index contributed by atoms with van der Waals surface area (Å²) in [4.78, 5) is 32.5. The second-order valence-electron chi connectivity index (χ2n) is 8.60. The lowest BCUT2D eigenvalue weighted by Gasteiger charge is -2.17. The minimum atomic E-state index is -0.471. The second kappa shape index (κ2) is 8.14. The Bertz CT molecular complexity index is 1290. The number of H-pyrrole nitrogens is 1. The molecule has 0 spiro atoms. The summed E-state index contributed by atoms with van der Waals surface area (Å²) in [5.41, 5.74) is 2.28. The average molecular weight is 435 g/mol. The molecule has 1 saturated carbocycles. The number of hydrogen-bond donors (Lipinski definition) is 2. The van der Waals surface area contributed by atoms with E-state index >= 15 is 0 Å². The second-order valence-corrected chi connectivity index (χ2v) is 8.60. The van der Waals surface area contributed by atoms with Crippen LogP contribution in [0.1, 0.15) is 68.1 Å². The Morgan fingerprint density at radius 3 is 2.78 bits per heavy atom. The molecule has 1 fully saturated rings. The van der Waals surface area contributed by atoms with Crippen LogP contribution in [-0.2, 0) is 0 Å². The number of hydrogen-bond acceptors (Lipinski definition) is 6. The van der Waals surface area contributed by atoms with E-state index in [1.807, 2.05) is 36.6 Å². The molecule has 1 aliphatic rings. The lowest BCUT2D eigenvalue weighted by Crippen LogP contribution is -2.31. The number of fused-ring (bicyclic) bond motifs is 1. The monoisotopic (exact) mass is 435 g/mol. The van der Waals surface area contributed by atoms with Gasteiger partial charge < -0.3 is 19.2 Å². The van der Waals surface area contributed by atoms with Crippen LogP contribution in [-0.4, -0.2) is 25.6 Å². The maximum Gasteiger partial charge on any atom is 0.326 e. The van der Waals surface area contributed by atoms with Crippen LogP contribution in [0.5, 0.6) is 0 Å². The number of aromatic nitrogens is 4. The van der Waals surface area contributed by atoms with E-state index in [4.69, 9.17) is 8.94 Å². The van der Waals surface area contributed by atoms with E-state index < -0.39 is 6.04 Å². The highest BCUT2D eigenvalue weighted by Crippen LogP contribution is 2.32. The quantitative estimate of drug-likeness (QED) is 0.468. The van der Waals surface area contributed by atoms with Crippen molar-refractivity contribution in [2.45, 2.75) is 51.6 Å². The highest BCUT2D eigenvalue weighted by Gasteiger charge is 2.27. The molecule has 9 heteroatoms. The van der Waals surface area contributed by atoms with Crippen LogP contribution in [0.15, 0.2) is 50.3 Å². The van der Waals surface area contributed by atoms with Crippen LogP contribution in [0.2, 0.25) is 0 Å². The summed E-state index contributed by atoms with van der Waals surface area (Å²) in [6, 6.07) is 8.72. The van der Waals surface area contributed by atoms with Crippen LogP contribution in [0.3, 0.4) is 0 Å². The summed E-state index contributed by atoms with van der Waals surface area (Å²) >= 11 is 0. The number of amides is 1. The molecular weight excluding hydrogens is 410 g/mol. The van der Waals surface area contributed by atoms with Gasteiger partial charge in [0.25, 0.3) is 5.91 Å². The van der Waals surface area contributed by atoms with Gasteiger partial charge in [0.2, 0.25) is 11.7 Å². The Kier molecular flexibility index (Phi) is 5.16. The maximum absolute atomic E-state index is 12.6. The first kappa shape index (κ1) is 20.3. The van der Waals surface area contributed by atoms with E-state index in [1.54, 1.807) is 12.1 Å². The lowest BCUT2D eigenvalue weighted by molar-refractivity contribution is 0.0885. The molecule has 1 aliphatic carbocycles. The highest BCUT2D eigenvalue weighted by atomic mass is 16.5. The maximum atomic E-state index is 12.6. The molecule has 9 nitrogen and oxygen atoms in total. The first-order valence-corrected chi connectivity index (χ1v) is 10.9. The van der Waals surface area contributed by atoms with Crippen LogP contribution in [0.25, 0.3) is 22.4 Å². The third-order valence-corrected chi connectivity index (χ3v) is 6.07. The molecule has 1 aromatic carbocycles. The van der Waals surface area contributed by atoms with Crippen molar-refractivity contribution in [3.05, 3.63) is 58.7 Å². The molecule has 0 bridgehead atoms. The number of imidazole rings is 1. The van der Waals surface area contributed by atoms with E-state index in [1.165, 1.54) is 6.26 Å². The van der Waals surface area contributed by atoms with Gasteiger partial charge in [-0.05, 0) is 49.1 Å². The van der Waals surface area contributed by atoms with Crippen molar-refractivity contribution in [1.82, 2.24) is 25.0 Å². The zero-order chi connectivity index (χ0) is 22.2. The Labute approximate surface area is 183 Å². The fourth-order valence-corrected chi connectivity index (χ4v) is 4.41. The normalized spacial score (nSPS) is 15.6. The van der Waals surface area contributed by atoms with E-state index in [2.05, 4.69) is 20.4 Å². The number of aromatic amines is 1. The molecule has 0 aliphatic heterocycles. The molecule has 166 valence electrons. The van der Waals surface area contributed by atoms with Crippen molar-refractivity contribution < 1.29 is 13.7 Å². The standard InChI is InChI=1S/C23H25N5O4/c1-13(2)19(25-21(29)18-8-5-11-31-18)22-26-20(27-32-22)14-9-10-17-16(12-14)24-23(30)28(17)15-6-3-4-7-15/h5,8-13,15,19H,3-4,6-7H2,1-2H3,(H,24,30)(H,25,29). The summed E-state index contributed by atoms with van der Waals surface area (Å²) in [5.74, 6) is 0.597. The summed E-state index contributed by atoms with van der Waals surface area (Å²) in [6.07, 6.45) is 5.82. The molecule has 0 radical (unpaired) electrons. The van der Waals surface area contributed by atoms with Crippen LogP contribution >= 0.6 is 0 Å². The fourth-order valence-electron chi connectivity index (χ4n) is 4.41. The largest absolute Gasteiger partial charge is 0.459 e. The fraction of sp³-hybridized carbons (Fsp3) is 0.391. The highest BCUT2D eigenvalue weighted by molar-refractivity contribution is 5.91. The summed E-state index contributed by atoms with van der Waals surface area (Å²) in [7, 11) is 0. The van der Waals surface area contributed by atoms with Gasteiger partial charge >= 0.3 is 5.69 Å². The molecule has 3 aromatic heterocycles. The third kappa shape index (κ3) is 3.63.